The SMILES string of the molecule is O=C(O)CCc1ccc(NCc2ccc(OCC(=NOCC(F)(F)F)c3ccccc3)cc2)cc1. The van der Waals surface area contributed by atoms with Crippen LogP contribution >= 0.6 is 0 Å². The molecule has 0 heterocycles. The van der Waals surface area contributed by atoms with Gasteiger partial charge >= 0.3 is 12.1 Å². The van der Waals surface area contributed by atoms with E-state index in [9.17, 15) is 18.0 Å². The van der Waals surface area contributed by atoms with E-state index < -0.39 is 18.8 Å². The molecular weight excluding hydrogens is 461 g/mol. The number of nitrogens with zero attached hydrogens (tertiary/aromatic N) is 1. The summed E-state index contributed by atoms with van der Waals surface area (Å²) in [6, 6.07) is 23.6. The van der Waals surface area contributed by atoms with E-state index in [4.69, 9.17) is 9.84 Å². The van der Waals surface area contributed by atoms with Gasteiger partial charge in [0.25, 0.3) is 0 Å². The third-order valence-electron chi connectivity index (χ3n) is 4.89. The third kappa shape index (κ3) is 9.40. The minimum Gasteiger partial charge on any atom is -0.487 e. The van der Waals surface area contributed by atoms with Gasteiger partial charge in [-0.25, -0.2) is 0 Å². The van der Waals surface area contributed by atoms with Gasteiger partial charge in [-0.2, -0.15) is 13.2 Å². The van der Waals surface area contributed by atoms with E-state index in [2.05, 4.69) is 15.3 Å². The number of hydrogen-bond acceptors (Lipinski definition) is 5. The molecule has 9 heteroatoms. The van der Waals surface area contributed by atoms with Crippen molar-refractivity contribution < 1.29 is 32.6 Å². The largest absolute Gasteiger partial charge is 0.487 e. The Bertz CT molecular complexity index is 1100. The number of carboxylic acid groups (broad SMARTS) is 1. The fourth-order valence-corrected chi connectivity index (χ4v) is 3.08. The van der Waals surface area contributed by atoms with Gasteiger partial charge in [-0.3, -0.25) is 4.79 Å². The zero-order chi connectivity index (χ0) is 25.1. The summed E-state index contributed by atoms with van der Waals surface area (Å²) in [5.74, 6) is -0.283. The van der Waals surface area contributed by atoms with Crippen LogP contribution in [0.15, 0.2) is 84.0 Å². The summed E-state index contributed by atoms with van der Waals surface area (Å²) in [5, 5.41) is 15.7. The Morgan fingerprint density at radius 1 is 0.914 bits per heavy atom. The molecule has 6 nitrogen and oxygen atoms in total. The number of carboxylic acids is 1. The Morgan fingerprint density at radius 3 is 2.20 bits per heavy atom. The van der Waals surface area contributed by atoms with Crippen LogP contribution in [0.1, 0.15) is 23.1 Å². The van der Waals surface area contributed by atoms with E-state index in [1.807, 2.05) is 36.4 Å². The molecule has 0 saturated carbocycles. The Kier molecular flexibility index (Phi) is 9.11. The fourth-order valence-electron chi connectivity index (χ4n) is 3.08. The highest BCUT2D eigenvalue weighted by atomic mass is 19.4. The second-order valence-electron chi connectivity index (χ2n) is 7.67. The summed E-state index contributed by atoms with van der Waals surface area (Å²) < 4.78 is 42.9. The van der Waals surface area contributed by atoms with Gasteiger partial charge in [-0.05, 0) is 41.8 Å². The number of halogens is 3. The van der Waals surface area contributed by atoms with Crippen molar-refractivity contribution in [2.24, 2.45) is 5.16 Å². The molecule has 0 aliphatic heterocycles. The predicted octanol–water partition coefficient (Wildman–Crippen LogP) is 5.68. The van der Waals surface area contributed by atoms with Crippen LogP contribution < -0.4 is 10.1 Å². The molecule has 0 radical (unpaired) electrons. The molecule has 3 rings (SSSR count). The second-order valence-corrected chi connectivity index (χ2v) is 7.67. The number of rotatable bonds is 12. The van der Waals surface area contributed by atoms with Gasteiger partial charge in [0.05, 0.1) is 0 Å². The molecule has 2 N–H and O–H groups in total. The maximum Gasteiger partial charge on any atom is 0.425 e. The number of aryl methyl sites for hydroxylation is 1. The number of benzene rings is 3. The molecule has 184 valence electrons. The lowest BCUT2D eigenvalue weighted by atomic mass is 10.1. The zero-order valence-electron chi connectivity index (χ0n) is 18.8. The number of carbonyl (C=O) groups is 1. The minimum absolute atomic E-state index is 0.0618. The van der Waals surface area contributed by atoms with E-state index in [0.29, 0.717) is 24.3 Å². The summed E-state index contributed by atoms with van der Waals surface area (Å²) in [5.41, 5.74) is 3.71. The van der Waals surface area contributed by atoms with Gasteiger partial charge in [-0.15, -0.1) is 0 Å². The molecule has 0 atom stereocenters. The van der Waals surface area contributed by atoms with Crippen LogP contribution in [-0.2, 0) is 22.6 Å². The number of anilines is 1. The topological polar surface area (TPSA) is 80.2 Å². The summed E-state index contributed by atoms with van der Waals surface area (Å²) in [7, 11) is 0. The Hall–Kier alpha value is -4.01. The van der Waals surface area contributed by atoms with E-state index in [-0.39, 0.29) is 18.7 Å². The predicted molar refractivity (Wildman–Crippen MR) is 127 cm³/mol. The molecule has 0 aliphatic rings. The smallest absolute Gasteiger partial charge is 0.425 e. The Morgan fingerprint density at radius 2 is 1.57 bits per heavy atom. The molecule has 0 spiro atoms. The Labute approximate surface area is 201 Å². The molecule has 0 fully saturated rings. The highest BCUT2D eigenvalue weighted by Crippen LogP contribution is 2.17. The van der Waals surface area contributed by atoms with Crippen molar-refractivity contribution in [3.63, 3.8) is 0 Å². The number of hydrogen-bond donors (Lipinski definition) is 2. The van der Waals surface area contributed by atoms with Gasteiger partial charge in [0.1, 0.15) is 18.1 Å². The van der Waals surface area contributed by atoms with Crippen molar-refractivity contribution in [2.45, 2.75) is 25.6 Å². The first kappa shape index (κ1) is 25.6. The summed E-state index contributed by atoms with van der Waals surface area (Å²) >= 11 is 0. The first-order valence-corrected chi connectivity index (χ1v) is 10.9. The van der Waals surface area contributed by atoms with Gasteiger partial charge in [0.2, 0.25) is 6.61 Å². The highest BCUT2D eigenvalue weighted by molar-refractivity contribution is 6.01. The molecule has 0 unspecified atom stereocenters. The standard InChI is InChI=1S/C26H25F3N2O4/c27-26(28,29)18-35-31-24(21-4-2-1-3-5-21)17-34-23-13-8-20(9-14-23)16-30-22-11-6-19(7-12-22)10-15-25(32)33/h1-9,11-14,30H,10,15-18H2,(H,32,33). The van der Waals surface area contributed by atoms with Gasteiger partial charge in [0.15, 0.2) is 0 Å². The molecule has 0 saturated heterocycles. The number of alkyl halides is 3. The van der Waals surface area contributed by atoms with Crippen molar-refractivity contribution in [1.82, 2.24) is 0 Å². The van der Waals surface area contributed by atoms with Crippen LogP contribution in [0, 0.1) is 0 Å². The van der Waals surface area contributed by atoms with Crippen molar-refractivity contribution in [2.75, 3.05) is 18.5 Å². The highest BCUT2D eigenvalue weighted by Gasteiger charge is 2.28. The number of oxime groups is 1. The molecule has 35 heavy (non-hydrogen) atoms. The fraction of sp³-hybridized carbons (Fsp3) is 0.231. The summed E-state index contributed by atoms with van der Waals surface area (Å²) in [6.07, 6.45) is -3.89. The Balaban J connectivity index is 1.53. The van der Waals surface area contributed by atoms with Crippen LogP contribution in [0.25, 0.3) is 0 Å². The maximum absolute atomic E-state index is 12.4. The molecule has 3 aromatic carbocycles. The van der Waals surface area contributed by atoms with Gasteiger partial charge < -0.3 is 20.0 Å². The number of nitrogens with one attached hydrogen (secondary N) is 1. The first-order valence-electron chi connectivity index (χ1n) is 10.9. The van der Waals surface area contributed by atoms with Crippen molar-refractivity contribution in [3.05, 3.63) is 95.6 Å². The zero-order valence-corrected chi connectivity index (χ0v) is 18.8. The van der Waals surface area contributed by atoms with Crippen LogP contribution in [0.4, 0.5) is 18.9 Å². The normalized spacial score (nSPS) is 11.7. The van der Waals surface area contributed by atoms with Crippen molar-refractivity contribution in [3.8, 4) is 5.75 Å². The molecule has 0 amide bonds. The lowest BCUT2D eigenvalue weighted by molar-refractivity contribution is -0.173. The van der Waals surface area contributed by atoms with Crippen LogP contribution in [-0.4, -0.2) is 36.2 Å². The maximum atomic E-state index is 12.4. The van der Waals surface area contributed by atoms with E-state index >= 15 is 0 Å². The average Bonchev–Trinajstić information content (AvgIpc) is 2.84. The lowest BCUT2D eigenvalue weighted by Gasteiger charge is -2.11. The average molecular weight is 486 g/mol. The van der Waals surface area contributed by atoms with Crippen LogP contribution in [0.3, 0.4) is 0 Å². The molecule has 0 aromatic heterocycles. The minimum atomic E-state index is -4.47. The lowest BCUT2D eigenvalue weighted by Crippen LogP contribution is -2.18. The molecular formula is C26H25F3N2O4. The third-order valence-corrected chi connectivity index (χ3v) is 4.89. The van der Waals surface area contributed by atoms with Crippen molar-refractivity contribution >= 4 is 17.4 Å². The van der Waals surface area contributed by atoms with E-state index in [1.165, 1.54) is 0 Å². The number of ether oxygens (including phenoxy) is 1. The second kappa shape index (κ2) is 12.5. The summed E-state index contributed by atoms with van der Waals surface area (Å²) in [4.78, 5) is 15.1. The van der Waals surface area contributed by atoms with Crippen LogP contribution in [0.2, 0.25) is 0 Å². The molecule has 3 aromatic rings. The van der Waals surface area contributed by atoms with E-state index in [1.54, 1.807) is 42.5 Å². The molecule has 0 bridgehead atoms. The molecule has 0 aliphatic carbocycles. The van der Waals surface area contributed by atoms with Crippen molar-refractivity contribution in [1.29, 1.82) is 0 Å². The monoisotopic (exact) mass is 486 g/mol. The number of aliphatic carboxylic acids is 1. The van der Waals surface area contributed by atoms with Gasteiger partial charge in [0, 0.05) is 24.2 Å². The van der Waals surface area contributed by atoms with Crippen LogP contribution in [0.5, 0.6) is 5.75 Å². The summed E-state index contributed by atoms with van der Waals surface area (Å²) in [6.45, 7) is -0.972. The quantitative estimate of drug-likeness (QED) is 0.254. The van der Waals surface area contributed by atoms with E-state index in [0.717, 1.165) is 16.8 Å². The van der Waals surface area contributed by atoms with Gasteiger partial charge in [-0.1, -0.05) is 59.8 Å². The first-order chi connectivity index (χ1) is 16.8.